The van der Waals surface area contributed by atoms with Crippen molar-refractivity contribution in [1.82, 2.24) is 4.90 Å². The molecule has 8 nitrogen and oxygen atoms in total. The number of hydrogen-bond acceptors (Lipinski definition) is 7. The molecule has 2 aromatic rings. The Kier molecular flexibility index (Phi) is 15.5. The van der Waals surface area contributed by atoms with E-state index in [1.807, 2.05) is 0 Å². The summed E-state index contributed by atoms with van der Waals surface area (Å²) >= 11 is 5.95. The highest BCUT2D eigenvalue weighted by Crippen LogP contribution is 2.64. The molecule has 342 valence electrons. The number of esters is 1. The molecule has 60 heavy (non-hydrogen) atoms. The van der Waals surface area contributed by atoms with Gasteiger partial charge in [-0.25, -0.2) is 4.79 Å². The summed E-state index contributed by atoms with van der Waals surface area (Å²) in [5.41, 5.74) is 5.78. The van der Waals surface area contributed by atoms with Crippen LogP contribution in [0.25, 0.3) is 0 Å². The van der Waals surface area contributed by atoms with Crippen LogP contribution in [-0.4, -0.2) is 98.4 Å². The predicted molar refractivity (Wildman–Crippen MR) is 176 cm³/mol. The van der Waals surface area contributed by atoms with Crippen LogP contribution in [-0.2, 0) is 16.1 Å². The third-order valence-corrected chi connectivity index (χ3v) is 8.88. The van der Waals surface area contributed by atoms with E-state index in [0.717, 1.165) is 38.4 Å². The van der Waals surface area contributed by atoms with Gasteiger partial charge >= 0.3 is 53.6 Å². The van der Waals surface area contributed by atoms with Crippen molar-refractivity contribution in [2.75, 3.05) is 33.7 Å². The lowest BCUT2D eigenvalue weighted by Crippen LogP contribution is -2.74. The number of carbonyl (C=O) groups is 2. The topological polar surface area (TPSA) is 100 Å². The summed E-state index contributed by atoms with van der Waals surface area (Å²) in [5, 5.41) is 0.156. The third-order valence-electron chi connectivity index (χ3n) is 8.65. The summed E-state index contributed by atoms with van der Waals surface area (Å²) in [4.78, 5) is 28.0. The van der Waals surface area contributed by atoms with Crippen LogP contribution in [0.4, 0.5) is 80.3 Å². The van der Waals surface area contributed by atoms with E-state index < -0.39 is 97.3 Å². The maximum atomic E-state index is 14.4. The number of ether oxygens (including phenoxy) is 4. The molecule has 0 saturated carbocycles. The molecule has 0 aliphatic carbocycles. The Bertz CT molecular complexity index is 1820. The molecule has 2 aromatic carbocycles. The highest BCUT2D eigenvalue weighted by atomic mass is 35.5. The number of methoxy groups -OCH3 is 3. The molecule has 0 radical (unpaired) electrons. The Morgan fingerprint density at radius 3 is 1.60 bits per heavy atom. The summed E-state index contributed by atoms with van der Waals surface area (Å²) in [6, 6.07) is 4.48. The van der Waals surface area contributed by atoms with E-state index in [2.05, 4.69) is 0 Å². The average molecular weight is 925 g/mol. The van der Waals surface area contributed by atoms with Gasteiger partial charge in [0, 0.05) is 29.3 Å². The molecule has 1 atom stereocenters. The quantitative estimate of drug-likeness (QED) is 0.0611. The number of nitrogens with two attached hydrogens (primary N) is 1. The van der Waals surface area contributed by atoms with Crippen molar-refractivity contribution < 1.29 is 103 Å². The predicted octanol–water partition coefficient (Wildman–Crippen LogP) is 10.3. The average Bonchev–Trinajstić information content (AvgIpc) is 3.13. The van der Waals surface area contributed by atoms with Crippen LogP contribution in [0.2, 0.25) is 5.02 Å². The smallest absolute Gasteiger partial charge is 0.460 e. The summed E-state index contributed by atoms with van der Waals surface area (Å²) in [6.07, 6.45) is -12.1. The molecule has 1 amide bonds. The van der Waals surface area contributed by atoms with Gasteiger partial charge in [-0.3, -0.25) is 4.79 Å². The van der Waals surface area contributed by atoms with E-state index in [9.17, 15) is 84.2 Å². The first-order valence-electron chi connectivity index (χ1n) is 16.6. The minimum absolute atomic E-state index is 0.0180. The number of carbonyl (C=O) groups excluding carboxylic acids is 2. The van der Waals surface area contributed by atoms with Crippen LogP contribution in [0.5, 0.6) is 17.2 Å². The van der Waals surface area contributed by atoms with Gasteiger partial charge in [0.05, 0.1) is 45.6 Å². The van der Waals surface area contributed by atoms with E-state index in [0.29, 0.717) is 0 Å². The van der Waals surface area contributed by atoms with Crippen molar-refractivity contribution in [2.45, 2.75) is 93.3 Å². The van der Waals surface area contributed by atoms with Gasteiger partial charge in [0.2, 0.25) is 0 Å². The second kappa shape index (κ2) is 18.0. The molecule has 0 spiro atoms. The Morgan fingerprint density at radius 1 is 0.717 bits per heavy atom. The number of anilines is 1. The van der Waals surface area contributed by atoms with Crippen LogP contribution >= 0.6 is 11.6 Å². The third kappa shape index (κ3) is 9.43. The molecule has 26 heteroatoms. The van der Waals surface area contributed by atoms with Crippen molar-refractivity contribution in [3.63, 3.8) is 0 Å². The largest absolute Gasteiger partial charge is 0.496 e. The molecule has 0 heterocycles. The van der Waals surface area contributed by atoms with Gasteiger partial charge in [0.25, 0.3) is 5.91 Å². The summed E-state index contributed by atoms with van der Waals surface area (Å²) < 4.78 is 252. The number of nitrogens with zero attached hydrogens (tertiary/aromatic N) is 1. The number of amides is 1. The zero-order valence-corrected chi connectivity index (χ0v) is 32.1. The maximum absolute atomic E-state index is 14.4. The van der Waals surface area contributed by atoms with Crippen LogP contribution in [0.3, 0.4) is 0 Å². The van der Waals surface area contributed by atoms with E-state index in [1.54, 1.807) is 13.8 Å². The highest BCUT2D eigenvalue weighted by molar-refractivity contribution is 6.31. The van der Waals surface area contributed by atoms with Crippen molar-refractivity contribution in [3.05, 3.63) is 46.5 Å². The minimum atomic E-state index is -8.72. The Labute approximate surface area is 334 Å². The molecule has 0 saturated heterocycles. The number of rotatable bonds is 20. The molecule has 0 aromatic heterocycles. The van der Waals surface area contributed by atoms with Gasteiger partial charge in [-0.2, -0.15) is 74.6 Å². The van der Waals surface area contributed by atoms with Gasteiger partial charge in [-0.15, -0.1) is 0 Å². The molecular weight excluding hydrogens is 891 g/mol. The maximum Gasteiger partial charge on any atom is 0.460 e. The second-order valence-corrected chi connectivity index (χ2v) is 13.7. The Hall–Kier alpha value is -4.32. The molecule has 0 unspecified atom stereocenters. The first-order chi connectivity index (χ1) is 27.1. The molecular formula is C34H34ClF17N2O6. The fourth-order valence-corrected chi connectivity index (χ4v) is 5.53. The van der Waals surface area contributed by atoms with E-state index in [4.69, 9.17) is 36.3 Å². The highest BCUT2D eigenvalue weighted by Gasteiger charge is 2.95. The molecule has 2 N–H and O–H groups in total. The number of benzene rings is 2. The summed E-state index contributed by atoms with van der Waals surface area (Å²) in [7, 11) is 3.16. The van der Waals surface area contributed by atoms with Gasteiger partial charge in [0.1, 0.15) is 23.3 Å². The zero-order chi connectivity index (χ0) is 46.8. The van der Waals surface area contributed by atoms with E-state index >= 15 is 0 Å². The molecule has 0 aliphatic rings. The first-order valence-corrected chi connectivity index (χ1v) is 17.0. The lowest BCUT2D eigenvalue weighted by Gasteiger charge is -2.42. The van der Waals surface area contributed by atoms with Gasteiger partial charge in [-0.05, 0) is 37.0 Å². The Balaban J connectivity index is 2.45. The summed E-state index contributed by atoms with van der Waals surface area (Å²) in [6.45, 7) is 1.66. The lowest BCUT2D eigenvalue weighted by atomic mass is 9.88. The van der Waals surface area contributed by atoms with Crippen molar-refractivity contribution in [3.8, 4) is 17.2 Å². The van der Waals surface area contributed by atoms with E-state index in [-0.39, 0.29) is 45.7 Å². The summed E-state index contributed by atoms with van der Waals surface area (Å²) in [5.74, 6) is -59.9. The first kappa shape index (κ1) is 51.8. The van der Waals surface area contributed by atoms with Gasteiger partial charge < -0.3 is 29.6 Å². The fourth-order valence-electron chi connectivity index (χ4n) is 5.35. The van der Waals surface area contributed by atoms with E-state index in [1.165, 1.54) is 18.2 Å². The molecule has 2 rings (SSSR count). The normalized spacial score (nSPS) is 14.2. The molecule has 0 fully saturated rings. The molecule has 0 aliphatic heterocycles. The van der Waals surface area contributed by atoms with Gasteiger partial charge in [-0.1, -0.05) is 25.4 Å². The van der Waals surface area contributed by atoms with Crippen LogP contribution in [0, 0.1) is 5.92 Å². The van der Waals surface area contributed by atoms with Gasteiger partial charge in [0.15, 0.2) is 0 Å². The Morgan fingerprint density at radius 2 is 1.18 bits per heavy atom. The van der Waals surface area contributed by atoms with Crippen LogP contribution < -0.4 is 19.9 Å². The standard InChI is InChI=1S/C34H34ClF17N2O6/c1-16(2)11-22(26(56)59-5)54(25(55)19-8-7-17(35)12-21(19)53)15-20-23(57-3)13-18(14-24(20)58-4)60-10-6-9-27(36,37)28(38,39)29(40,41)30(42,43)31(44,45)32(46,47)33(48,49)34(50,51)52/h7-8,12-14,16,22H,6,9-11,15,53H2,1-5H3/t22-/m0/s1. The second-order valence-electron chi connectivity index (χ2n) is 13.2. The van der Waals surface area contributed by atoms with Crippen molar-refractivity contribution in [2.24, 2.45) is 5.92 Å². The zero-order valence-electron chi connectivity index (χ0n) is 31.4. The fraction of sp³-hybridized carbons (Fsp3) is 0.588. The van der Waals surface area contributed by atoms with Crippen molar-refractivity contribution >= 4 is 29.2 Å². The van der Waals surface area contributed by atoms with Crippen molar-refractivity contribution in [1.29, 1.82) is 0 Å². The number of halogens is 18. The monoisotopic (exact) mass is 924 g/mol. The molecule has 0 bridgehead atoms. The van der Waals surface area contributed by atoms with Crippen LogP contribution in [0.1, 0.15) is 49.0 Å². The number of alkyl halides is 17. The lowest BCUT2D eigenvalue weighted by molar-refractivity contribution is -0.461. The minimum Gasteiger partial charge on any atom is -0.496 e. The van der Waals surface area contributed by atoms with Crippen LogP contribution in [0.15, 0.2) is 30.3 Å². The number of hydrogen-bond donors (Lipinski definition) is 1. The number of nitrogen functional groups attached to an aromatic ring is 1. The SMILES string of the molecule is COC(=O)[C@H](CC(C)C)N(Cc1c(OC)cc(OCCCC(F)(F)C(F)(F)C(F)(F)C(F)(F)C(F)(F)C(F)(F)C(F)(F)C(F)(F)F)cc1OC)C(=O)c1ccc(Cl)cc1N.